The Morgan fingerprint density at radius 2 is 1.83 bits per heavy atom. The van der Waals surface area contributed by atoms with Crippen LogP contribution >= 0.6 is 11.3 Å². The van der Waals surface area contributed by atoms with Crippen LogP contribution in [0.25, 0.3) is 16.4 Å². The van der Waals surface area contributed by atoms with Gasteiger partial charge in [-0.15, -0.1) is 16.5 Å². The summed E-state index contributed by atoms with van der Waals surface area (Å²) in [7, 11) is 0. The van der Waals surface area contributed by atoms with Crippen molar-refractivity contribution >= 4 is 22.7 Å². The second-order valence-electron chi connectivity index (χ2n) is 6.78. The van der Waals surface area contributed by atoms with Gasteiger partial charge in [-0.2, -0.15) is 9.80 Å². The van der Waals surface area contributed by atoms with Crippen molar-refractivity contribution in [3.63, 3.8) is 0 Å². The lowest BCUT2D eigenvalue weighted by molar-refractivity contribution is 0.471. The van der Waals surface area contributed by atoms with Gasteiger partial charge in [-0.05, 0) is 44.5 Å². The molecule has 2 aromatic heterocycles. The summed E-state index contributed by atoms with van der Waals surface area (Å²) >= 11 is 1.38. The Hall–Kier alpha value is -3.52. The number of H-pyrrole nitrogens is 1. The number of benzene rings is 2. The number of azo groups is 1. The van der Waals surface area contributed by atoms with E-state index in [1.807, 2.05) is 36.6 Å². The average molecular weight is 405 g/mol. The Morgan fingerprint density at radius 1 is 1.07 bits per heavy atom. The van der Waals surface area contributed by atoms with Crippen LogP contribution in [-0.4, -0.2) is 19.9 Å². The lowest BCUT2D eigenvalue weighted by atomic mass is 10.1. The Bertz CT molecular complexity index is 1270. The molecular formula is C21H19N5O2S. The van der Waals surface area contributed by atoms with Gasteiger partial charge < -0.3 is 5.11 Å². The number of hydrogen-bond acceptors (Lipinski definition) is 6. The monoisotopic (exact) mass is 405 g/mol. The number of phenols is 1. The van der Waals surface area contributed by atoms with Crippen molar-refractivity contribution in [1.82, 2.24) is 14.8 Å². The van der Waals surface area contributed by atoms with Crippen molar-refractivity contribution in [1.29, 1.82) is 0 Å². The van der Waals surface area contributed by atoms with Crippen LogP contribution in [0.3, 0.4) is 0 Å². The lowest BCUT2D eigenvalue weighted by Crippen LogP contribution is -2.13. The van der Waals surface area contributed by atoms with E-state index in [-0.39, 0.29) is 17.0 Å². The molecule has 0 amide bonds. The van der Waals surface area contributed by atoms with E-state index in [2.05, 4.69) is 20.3 Å². The molecule has 4 aromatic rings. The highest BCUT2D eigenvalue weighted by Crippen LogP contribution is 2.26. The topological polar surface area (TPSA) is 95.6 Å². The van der Waals surface area contributed by atoms with Crippen LogP contribution in [0.1, 0.15) is 16.8 Å². The zero-order valence-corrected chi connectivity index (χ0v) is 17.0. The predicted molar refractivity (Wildman–Crippen MR) is 114 cm³/mol. The molecule has 2 N–H and O–H groups in total. The van der Waals surface area contributed by atoms with E-state index in [4.69, 9.17) is 0 Å². The molecule has 0 radical (unpaired) electrons. The van der Waals surface area contributed by atoms with Gasteiger partial charge in [-0.3, -0.25) is 9.89 Å². The molecular weight excluding hydrogens is 386 g/mol. The van der Waals surface area contributed by atoms with Crippen LogP contribution in [0.5, 0.6) is 5.75 Å². The minimum absolute atomic E-state index is 0.192. The summed E-state index contributed by atoms with van der Waals surface area (Å²) < 4.78 is 1.38. The van der Waals surface area contributed by atoms with Crippen LogP contribution in [0.15, 0.2) is 62.9 Å². The van der Waals surface area contributed by atoms with Crippen molar-refractivity contribution in [2.45, 2.75) is 20.8 Å². The highest BCUT2D eigenvalue weighted by atomic mass is 32.1. The maximum atomic E-state index is 12.8. The Kier molecular flexibility index (Phi) is 4.85. The molecule has 0 aliphatic heterocycles. The largest absolute Gasteiger partial charge is 0.508 e. The fourth-order valence-electron chi connectivity index (χ4n) is 2.82. The number of aromatic amines is 1. The summed E-state index contributed by atoms with van der Waals surface area (Å²) in [6.07, 6.45) is 0. The first kappa shape index (κ1) is 18.8. The highest BCUT2D eigenvalue weighted by Gasteiger charge is 2.15. The number of thiazole rings is 1. The summed E-state index contributed by atoms with van der Waals surface area (Å²) in [5, 5.41) is 23.3. The predicted octanol–water partition coefficient (Wildman–Crippen LogP) is 5.34. The second-order valence-corrected chi connectivity index (χ2v) is 7.61. The highest BCUT2D eigenvalue weighted by molar-refractivity contribution is 7.12. The first-order valence-corrected chi connectivity index (χ1v) is 9.86. The molecule has 7 nitrogen and oxygen atoms in total. The average Bonchev–Trinajstić information content (AvgIpc) is 3.29. The van der Waals surface area contributed by atoms with Gasteiger partial charge in [-0.1, -0.05) is 29.8 Å². The van der Waals surface area contributed by atoms with Crippen molar-refractivity contribution < 1.29 is 5.11 Å². The minimum Gasteiger partial charge on any atom is -0.508 e. The number of aromatic hydroxyl groups is 1. The third-order valence-electron chi connectivity index (χ3n) is 4.52. The van der Waals surface area contributed by atoms with Crippen LogP contribution in [0, 0.1) is 20.8 Å². The fourth-order valence-corrected chi connectivity index (χ4v) is 3.61. The van der Waals surface area contributed by atoms with Gasteiger partial charge in [0.2, 0.25) is 5.13 Å². The van der Waals surface area contributed by atoms with Gasteiger partial charge in [0.1, 0.15) is 5.75 Å². The van der Waals surface area contributed by atoms with Crippen LogP contribution < -0.4 is 5.56 Å². The van der Waals surface area contributed by atoms with E-state index in [0.29, 0.717) is 22.1 Å². The summed E-state index contributed by atoms with van der Waals surface area (Å²) in [5.41, 5.74) is 4.75. The van der Waals surface area contributed by atoms with E-state index in [9.17, 15) is 9.90 Å². The smallest absolute Gasteiger partial charge is 0.301 e. The molecule has 0 aliphatic rings. The van der Waals surface area contributed by atoms with Crippen LogP contribution in [-0.2, 0) is 0 Å². The van der Waals surface area contributed by atoms with Gasteiger partial charge >= 0.3 is 5.56 Å². The molecule has 8 heteroatoms. The van der Waals surface area contributed by atoms with Crippen LogP contribution in [0.4, 0.5) is 11.4 Å². The number of phenolic OH excluding ortho intramolecular Hbond substituents is 1. The first-order valence-electron chi connectivity index (χ1n) is 8.98. The minimum atomic E-state index is -0.313. The maximum absolute atomic E-state index is 12.8. The molecule has 146 valence electrons. The second kappa shape index (κ2) is 7.48. The third-order valence-corrected chi connectivity index (χ3v) is 5.34. The normalized spacial score (nSPS) is 11.4. The number of nitrogens with one attached hydrogen (secondary N) is 1. The van der Waals surface area contributed by atoms with E-state index < -0.39 is 0 Å². The van der Waals surface area contributed by atoms with E-state index in [1.165, 1.54) is 21.6 Å². The van der Waals surface area contributed by atoms with Crippen molar-refractivity contribution in [3.8, 4) is 22.1 Å². The molecule has 29 heavy (non-hydrogen) atoms. The Balaban J connectivity index is 1.65. The molecule has 0 fully saturated rings. The Labute approximate surface area is 171 Å². The molecule has 4 rings (SSSR count). The Morgan fingerprint density at radius 3 is 2.55 bits per heavy atom. The standard InChI is InChI=1S/C21H19N5O2S/c1-12-4-6-15(7-5-12)17-11-29-21(22-17)26-20(28)19(14(3)25-26)24-23-16-8-9-18(27)13(2)10-16/h4-11,25,27H,1-3H3. The van der Waals surface area contributed by atoms with E-state index >= 15 is 0 Å². The van der Waals surface area contributed by atoms with Gasteiger partial charge in [0.25, 0.3) is 0 Å². The maximum Gasteiger partial charge on any atom is 0.301 e. The van der Waals surface area contributed by atoms with Crippen molar-refractivity contribution in [2.75, 3.05) is 0 Å². The molecule has 0 aliphatic carbocycles. The van der Waals surface area contributed by atoms with Gasteiger partial charge in [0.15, 0.2) is 5.69 Å². The summed E-state index contributed by atoms with van der Waals surface area (Å²) in [6, 6.07) is 13.0. The number of aryl methyl sites for hydroxylation is 3. The van der Waals surface area contributed by atoms with Gasteiger partial charge in [0, 0.05) is 10.9 Å². The molecule has 0 saturated carbocycles. The number of hydrogen-bond donors (Lipinski definition) is 2. The van der Waals surface area contributed by atoms with Crippen molar-refractivity contribution in [2.24, 2.45) is 10.2 Å². The number of aromatic nitrogens is 3. The molecule has 2 heterocycles. The summed E-state index contributed by atoms with van der Waals surface area (Å²) in [6.45, 7) is 5.58. The van der Waals surface area contributed by atoms with Crippen molar-refractivity contribution in [3.05, 3.63) is 75.0 Å². The van der Waals surface area contributed by atoms with E-state index in [1.54, 1.807) is 32.0 Å². The molecule has 0 bridgehead atoms. The molecule has 0 spiro atoms. The number of rotatable bonds is 4. The SMILES string of the molecule is Cc1ccc(-c2csc(-n3[nH]c(C)c(N=Nc4ccc(O)c(C)c4)c3=O)n2)cc1. The molecule has 0 atom stereocenters. The quantitative estimate of drug-likeness (QED) is 0.449. The van der Waals surface area contributed by atoms with Gasteiger partial charge in [0.05, 0.1) is 17.1 Å². The number of nitrogens with zero attached hydrogens (tertiary/aromatic N) is 4. The molecule has 0 unspecified atom stereocenters. The van der Waals surface area contributed by atoms with Crippen LogP contribution in [0.2, 0.25) is 0 Å². The zero-order chi connectivity index (χ0) is 20.5. The fraction of sp³-hybridized carbons (Fsp3) is 0.143. The first-order chi connectivity index (χ1) is 13.9. The molecule has 2 aromatic carbocycles. The summed E-state index contributed by atoms with van der Waals surface area (Å²) in [4.78, 5) is 17.4. The molecule has 0 saturated heterocycles. The zero-order valence-electron chi connectivity index (χ0n) is 16.2. The lowest BCUT2D eigenvalue weighted by Gasteiger charge is -1.98. The summed E-state index contributed by atoms with van der Waals surface area (Å²) in [5.74, 6) is 0.192. The van der Waals surface area contributed by atoms with E-state index in [0.717, 1.165) is 11.3 Å². The third kappa shape index (κ3) is 3.74. The van der Waals surface area contributed by atoms with Gasteiger partial charge in [-0.25, -0.2) is 4.98 Å².